The lowest BCUT2D eigenvalue weighted by Gasteiger charge is -2.03. The van der Waals surface area contributed by atoms with E-state index in [4.69, 9.17) is 4.74 Å². The monoisotopic (exact) mass is 372 g/mol. The number of carbonyl (C=O) groups excluding carboxylic acids is 2. The van der Waals surface area contributed by atoms with Crippen molar-refractivity contribution in [3.63, 3.8) is 0 Å². The number of carbonyl (C=O) groups is 2. The second-order valence-corrected chi connectivity index (χ2v) is 6.34. The van der Waals surface area contributed by atoms with Crippen molar-refractivity contribution in [2.45, 2.75) is 6.42 Å². The third kappa shape index (κ3) is 5.17. The van der Waals surface area contributed by atoms with Crippen molar-refractivity contribution >= 4 is 34.5 Å². The molecule has 3 aromatic rings. The van der Waals surface area contributed by atoms with Gasteiger partial charge in [-0.15, -0.1) is 0 Å². The molecule has 0 amide bonds. The van der Waals surface area contributed by atoms with Gasteiger partial charge < -0.3 is 9.84 Å². The number of methoxy groups -OCH3 is 1. The number of benzene rings is 3. The van der Waals surface area contributed by atoms with E-state index in [1.807, 2.05) is 36.4 Å². The number of fused-ring (bicyclic) bond motifs is 1. The van der Waals surface area contributed by atoms with Crippen molar-refractivity contribution < 1.29 is 19.4 Å². The zero-order valence-corrected chi connectivity index (χ0v) is 15.5. The molecule has 4 nitrogen and oxygen atoms in total. The quantitative estimate of drug-likeness (QED) is 0.478. The molecule has 0 saturated heterocycles. The summed E-state index contributed by atoms with van der Waals surface area (Å²) in [6, 6.07) is 18.1. The Labute approximate surface area is 163 Å². The number of ether oxygens (including phenoxy) is 1. The van der Waals surface area contributed by atoms with Gasteiger partial charge in [-0.3, -0.25) is 9.59 Å². The molecule has 0 saturated carbocycles. The third-order valence-electron chi connectivity index (χ3n) is 4.24. The van der Waals surface area contributed by atoms with Gasteiger partial charge in [-0.1, -0.05) is 42.5 Å². The minimum absolute atomic E-state index is 0.164. The maximum absolute atomic E-state index is 12.0. The van der Waals surface area contributed by atoms with Crippen LogP contribution < -0.4 is 4.74 Å². The topological polar surface area (TPSA) is 63.6 Å². The van der Waals surface area contributed by atoms with E-state index in [2.05, 4.69) is 0 Å². The Morgan fingerprint density at radius 1 is 0.821 bits per heavy atom. The van der Waals surface area contributed by atoms with Gasteiger partial charge in [0.25, 0.3) is 0 Å². The van der Waals surface area contributed by atoms with Gasteiger partial charge >= 0.3 is 0 Å². The normalized spacial score (nSPS) is 11.3. The SMILES string of the molecule is COc1ccc2cc(C=CC(=O)CC(=O)C=Cc3ccc(O)cc3)ccc2c1. The van der Waals surface area contributed by atoms with E-state index in [9.17, 15) is 14.7 Å². The smallest absolute Gasteiger partial charge is 0.163 e. The molecule has 0 aromatic heterocycles. The van der Waals surface area contributed by atoms with Crippen LogP contribution in [0.3, 0.4) is 0 Å². The lowest BCUT2D eigenvalue weighted by molar-refractivity contribution is -0.121. The molecular formula is C24H20O4. The lowest BCUT2D eigenvalue weighted by Crippen LogP contribution is -2.01. The van der Waals surface area contributed by atoms with Gasteiger partial charge in [-0.2, -0.15) is 0 Å². The predicted octanol–water partition coefficient (Wildman–Crippen LogP) is 4.81. The second-order valence-electron chi connectivity index (χ2n) is 6.34. The van der Waals surface area contributed by atoms with Crippen molar-refractivity contribution in [1.82, 2.24) is 0 Å². The van der Waals surface area contributed by atoms with Gasteiger partial charge in [0.05, 0.1) is 13.5 Å². The molecule has 1 N–H and O–H groups in total. The number of rotatable bonds is 7. The Balaban J connectivity index is 1.60. The van der Waals surface area contributed by atoms with E-state index in [1.165, 1.54) is 24.3 Å². The summed E-state index contributed by atoms with van der Waals surface area (Å²) in [6.45, 7) is 0. The van der Waals surface area contributed by atoms with Crippen molar-refractivity contribution in [3.05, 3.63) is 83.9 Å². The molecule has 3 rings (SSSR count). The Hall–Kier alpha value is -3.66. The largest absolute Gasteiger partial charge is 0.508 e. The number of hydrogen-bond donors (Lipinski definition) is 1. The molecule has 140 valence electrons. The maximum atomic E-state index is 12.0. The van der Waals surface area contributed by atoms with Crippen molar-refractivity contribution in [1.29, 1.82) is 0 Å². The number of hydrogen-bond acceptors (Lipinski definition) is 4. The van der Waals surface area contributed by atoms with Crippen LogP contribution in [0.1, 0.15) is 17.5 Å². The van der Waals surface area contributed by atoms with E-state index in [0.29, 0.717) is 0 Å². The fraction of sp³-hybridized carbons (Fsp3) is 0.0833. The summed E-state index contributed by atoms with van der Waals surface area (Å²) in [5.74, 6) is 0.435. The fourth-order valence-electron chi connectivity index (χ4n) is 2.73. The molecule has 0 spiro atoms. The van der Waals surface area contributed by atoms with E-state index in [1.54, 1.807) is 31.4 Å². The summed E-state index contributed by atoms with van der Waals surface area (Å²) in [5, 5.41) is 11.3. The number of ketones is 2. The van der Waals surface area contributed by atoms with E-state index in [0.717, 1.165) is 27.6 Å². The Kier molecular flexibility index (Phi) is 6.02. The zero-order chi connectivity index (χ0) is 19.9. The number of phenolic OH excluding ortho intramolecular Hbond substituents is 1. The molecule has 0 aliphatic carbocycles. The highest BCUT2D eigenvalue weighted by molar-refractivity contribution is 6.11. The molecule has 0 heterocycles. The average molecular weight is 372 g/mol. The zero-order valence-electron chi connectivity index (χ0n) is 15.5. The highest BCUT2D eigenvalue weighted by Gasteiger charge is 2.04. The molecule has 0 unspecified atom stereocenters. The minimum Gasteiger partial charge on any atom is -0.508 e. The van der Waals surface area contributed by atoms with E-state index >= 15 is 0 Å². The fourth-order valence-corrected chi connectivity index (χ4v) is 2.73. The van der Waals surface area contributed by atoms with Crippen LogP contribution in [-0.4, -0.2) is 23.8 Å². The summed E-state index contributed by atoms with van der Waals surface area (Å²) < 4.78 is 5.21. The first-order chi connectivity index (χ1) is 13.5. The van der Waals surface area contributed by atoms with Crippen LogP contribution in [0.2, 0.25) is 0 Å². The van der Waals surface area contributed by atoms with Gasteiger partial charge in [-0.25, -0.2) is 0 Å². The Morgan fingerprint density at radius 2 is 1.39 bits per heavy atom. The molecule has 0 aliphatic heterocycles. The van der Waals surface area contributed by atoms with Crippen LogP contribution in [0.4, 0.5) is 0 Å². The summed E-state index contributed by atoms with van der Waals surface area (Å²) >= 11 is 0. The average Bonchev–Trinajstić information content (AvgIpc) is 2.71. The lowest BCUT2D eigenvalue weighted by atomic mass is 10.1. The first kappa shape index (κ1) is 19.1. The molecule has 0 bridgehead atoms. The molecule has 28 heavy (non-hydrogen) atoms. The van der Waals surface area contributed by atoms with Gasteiger partial charge in [0.1, 0.15) is 11.5 Å². The first-order valence-corrected chi connectivity index (χ1v) is 8.82. The van der Waals surface area contributed by atoms with Crippen LogP contribution in [0, 0.1) is 0 Å². The van der Waals surface area contributed by atoms with Gasteiger partial charge in [0.15, 0.2) is 11.6 Å². The van der Waals surface area contributed by atoms with Crippen molar-refractivity contribution in [3.8, 4) is 11.5 Å². The predicted molar refractivity (Wildman–Crippen MR) is 111 cm³/mol. The highest BCUT2D eigenvalue weighted by Crippen LogP contribution is 2.22. The van der Waals surface area contributed by atoms with E-state index < -0.39 is 0 Å². The van der Waals surface area contributed by atoms with Crippen LogP contribution in [-0.2, 0) is 9.59 Å². The summed E-state index contributed by atoms with van der Waals surface area (Å²) in [7, 11) is 1.63. The summed E-state index contributed by atoms with van der Waals surface area (Å²) in [6.07, 6.45) is 5.95. The summed E-state index contributed by atoms with van der Waals surface area (Å²) in [4.78, 5) is 24.0. The third-order valence-corrected chi connectivity index (χ3v) is 4.24. The number of phenols is 1. The first-order valence-electron chi connectivity index (χ1n) is 8.82. The molecule has 0 radical (unpaired) electrons. The second kappa shape index (κ2) is 8.82. The van der Waals surface area contributed by atoms with Crippen LogP contribution in [0.15, 0.2) is 72.8 Å². The van der Waals surface area contributed by atoms with Gasteiger partial charge in [-0.05, 0) is 64.4 Å². The molecule has 0 atom stereocenters. The Morgan fingerprint density at radius 3 is 2.07 bits per heavy atom. The molecule has 4 heteroatoms. The standard InChI is InChI=1S/C24H20O4/c1-28-24-13-8-19-14-18(2-7-20(19)15-24)6-12-23(27)16-22(26)11-5-17-3-9-21(25)10-4-17/h2-15,25H,16H2,1H3. The highest BCUT2D eigenvalue weighted by atomic mass is 16.5. The molecule has 0 aliphatic rings. The van der Waals surface area contributed by atoms with E-state index in [-0.39, 0.29) is 23.7 Å². The summed E-state index contributed by atoms with van der Waals surface area (Å²) in [5.41, 5.74) is 1.67. The van der Waals surface area contributed by atoms with Gasteiger partial charge in [0, 0.05) is 0 Å². The van der Waals surface area contributed by atoms with Crippen molar-refractivity contribution in [2.24, 2.45) is 0 Å². The van der Waals surface area contributed by atoms with Gasteiger partial charge in [0.2, 0.25) is 0 Å². The molecule has 0 fully saturated rings. The number of allylic oxidation sites excluding steroid dienone is 2. The molecular weight excluding hydrogens is 352 g/mol. The maximum Gasteiger partial charge on any atom is 0.163 e. The Bertz CT molecular complexity index is 1060. The van der Waals surface area contributed by atoms with Crippen LogP contribution >= 0.6 is 0 Å². The van der Waals surface area contributed by atoms with Crippen LogP contribution in [0.5, 0.6) is 11.5 Å². The number of aromatic hydroxyl groups is 1. The van der Waals surface area contributed by atoms with Crippen molar-refractivity contribution in [2.75, 3.05) is 7.11 Å². The minimum atomic E-state index is -0.270. The molecule has 3 aromatic carbocycles. The van der Waals surface area contributed by atoms with Crippen LogP contribution in [0.25, 0.3) is 22.9 Å².